The van der Waals surface area contributed by atoms with Crippen molar-refractivity contribution in [1.29, 1.82) is 0 Å². The van der Waals surface area contributed by atoms with Gasteiger partial charge in [0, 0.05) is 19.3 Å². The van der Waals surface area contributed by atoms with E-state index in [0.717, 1.165) is 122 Å². The first kappa shape index (κ1) is 61.3. The van der Waals surface area contributed by atoms with Gasteiger partial charge in [-0.25, -0.2) is 0 Å². The molecule has 0 rings (SSSR count). The van der Waals surface area contributed by atoms with Crippen molar-refractivity contribution in [3.05, 3.63) is 97.2 Å². The summed E-state index contributed by atoms with van der Waals surface area (Å²) < 4.78 is 16.8. The average Bonchev–Trinajstić information content (AvgIpc) is 3.30. The van der Waals surface area contributed by atoms with Crippen LogP contribution < -0.4 is 0 Å². The molecule has 0 radical (unpaired) electrons. The van der Waals surface area contributed by atoms with Gasteiger partial charge in [0.1, 0.15) is 13.2 Å². The molecule has 1 atom stereocenters. The Morgan fingerprint density at radius 3 is 1.05 bits per heavy atom. The Labute approximate surface area is 400 Å². The summed E-state index contributed by atoms with van der Waals surface area (Å²) in [6.07, 6.45) is 69.6. The molecule has 0 N–H and O–H groups in total. The third-order valence-electron chi connectivity index (χ3n) is 11.1. The summed E-state index contributed by atoms with van der Waals surface area (Å²) in [7, 11) is 0. The van der Waals surface area contributed by atoms with E-state index in [1.165, 1.54) is 77.0 Å². The molecule has 0 aliphatic rings. The molecule has 370 valence electrons. The standard InChI is InChI=1S/C59H98O6/c1-4-7-10-13-16-19-22-25-27-29-30-31-33-34-37-40-43-46-49-52-58(61)64-55-56(54-63-57(60)51-48-45-42-39-36-24-21-18-15-12-9-6-3)65-59(62)53-50-47-44-41-38-35-32-28-26-23-20-17-14-11-8-5-2/h8-9,11-12,16-22,25-26,28,35,38,56H,4-7,10,13-15,23-24,27,29-34,36-37,39-55H2,1-3H3/b11-8-,12-9-,19-16-,20-17-,21-18-,25-22-,28-26-,38-35-. The van der Waals surface area contributed by atoms with Crippen molar-refractivity contribution in [2.45, 2.75) is 245 Å². The number of carbonyl (C=O) groups excluding carboxylic acids is 3. The van der Waals surface area contributed by atoms with Crippen LogP contribution in [-0.2, 0) is 28.6 Å². The van der Waals surface area contributed by atoms with Crippen molar-refractivity contribution in [2.75, 3.05) is 13.2 Å². The summed E-state index contributed by atoms with van der Waals surface area (Å²) in [6.45, 7) is 6.34. The van der Waals surface area contributed by atoms with Crippen LogP contribution in [0.25, 0.3) is 0 Å². The van der Waals surface area contributed by atoms with Crippen LogP contribution in [0.15, 0.2) is 97.2 Å². The van der Waals surface area contributed by atoms with E-state index in [-0.39, 0.29) is 37.5 Å². The first-order valence-electron chi connectivity index (χ1n) is 26.8. The zero-order valence-electron chi connectivity index (χ0n) is 42.2. The van der Waals surface area contributed by atoms with Gasteiger partial charge >= 0.3 is 17.9 Å². The lowest BCUT2D eigenvalue weighted by molar-refractivity contribution is -0.167. The fraction of sp³-hybridized carbons (Fsp3) is 0.678. The van der Waals surface area contributed by atoms with E-state index < -0.39 is 6.10 Å². The molecule has 6 nitrogen and oxygen atoms in total. The van der Waals surface area contributed by atoms with Crippen molar-refractivity contribution >= 4 is 17.9 Å². The zero-order valence-corrected chi connectivity index (χ0v) is 42.2. The highest BCUT2D eigenvalue weighted by Crippen LogP contribution is 2.14. The Kier molecular flexibility index (Phi) is 50.0. The molecule has 1 unspecified atom stereocenters. The van der Waals surface area contributed by atoms with Gasteiger partial charge in [0.2, 0.25) is 0 Å². The number of carbonyl (C=O) groups is 3. The smallest absolute Gasteiger partial charge is 0.306 e. The maximum absolute atomic E-state index is 12.8. The quantitative estimate of drug-likeness (QED) is 0.0199. The van der Waals surface area contributed by atoms with Gasteiger partial charge < -0.3 is 14.2 Å². The van der Waals surface area contributed by atoms with Crippen molar-refractivity contribution in [2.24, 2.45) is 0 Å². The summed E-state index contributed by atoms with van der Waals surface area (Å²) in [5.41, 5.74) is 0. The first-order chi connectivity index (χ1) is 32.0. The number of hydrogen-bond acceptors (Lipinski definition) is 6. The van der Waals surface area contributed by atoms with Crippen molar-refractivity contribution < 1.29 is 28.6 Å². The van der Waals surface area contributed by atoms with Gasteiger partial charge in [-0.1, -0.05) is 208 Å². The van der Waals surface area contributed by atoms with Gasteiger partial charge in [-0.3, -0.25) is 14.4 Å². The van der Waals surface area contributed by atoms with E-state index in [2.05, 4.69) is 118 Å². The molecule has 0 aromatic carbocycles. The summed E-state index contributed by atoms with van der Waals surface area (Å²) in [4.78, 5) is 38.0. The highest BCUT2D eigenvalue weighted by molar-refractivity contribution is 5.71. The van der Waals surface area contributed by atoms with E-state index in [1.807, 2.05) is 0 Å². The van der Waals surface area contributed by atoms with E-state index >= 15 is 0 Å². The van der Waals surface area contributed by atoms with Crippen LogP contribution >= 0.6 is 0 Å². The Hall–Kier alpha value is -3.67. The van der Waals surface area contributed by atoms with Crippen LogP contribution in [-0.4, -0.2) is 37.2 Å². The SMILES string of the molecule is CC/C=C\C/C=C\C/C=C\C/C=C\CCCCCC(=O)OC(COC(=O)CCCCCCC/C=C\C/C=C\CC)COC(=O)CCCCCCCCCCCC/C=C\C=C/CCCCC. The van der Waals surface area contributed by atoms with Crippen LogP contribution in [0.5, 0.6) is 0 Å². The van der Waals surface area contributed by atoms with E-state index in [1.54, 1.807) is 0 Å². The molecule has 0 heterocycles. The molecule has 0 saturated carbocycles. The number of esters is 3. The second-order valence-corrected chi connectivity index (χ2v) is 17.4. The third kappa shape index (κ3) is 51.2. The largest absolute Gasteiger partial charge is 0.462 e. The Bertz CT molecular complexity index is 1310. The predicted octanol–water partition coefficient (Wildman–Crippen LogP) is 17.8. The normalized spacial score (nSPS) is 12.8. The molecule has 0 fully saturated rings. The Balaban J connectivity index is 4.43. The molecule has 0 spiro atoms. The second kappa shape index (κ2) is 52.9. The van der Waals surface area contributed by atoms with Gasteiger partial charge in [-0.2, -0.15) is 0 Å². The van der Waals surface area contributed by atoms with Gasteiger partial charge in [-0.15, -0.1) is 0 Å². The molecular weight excluding hydrogens is 805 g/mol. The summed E-state index contributed by atoms with van der Waals surface area (Å²) in [6, 6.07) is 0. The third-order valence-corrected chi connectivity index (χ3v) is 11.1. The average molecular weight is 903 g/mol. The maximum atomic E-state index is 12.8. The number of hydrogen-bond donors (Lipinski definition) is 0. The fourth-order valence-electron chi connectivity index (χ4n) is 7.11. The van der Waals surface area contributed by atoms with E-state index in [9.17, 15) is 14.4 Å². The van der Waals surface area contributed by atoms with Crippen molar-refractivity contribution in [3.63, 3.8) is 0 Å². The zero-order chi connectivity index (χ0) is 47.2. The van der Waals surface area contributed by atoms with Crippen LogP contribution in [0.2, 0.25) is 0 Å². The van der Waals surface area contributed by atoms with Crippen LogP contribution in [0, 0.1) is 0 Å². The topological polar surface area (TPSA) is 78.9 Å². The summed E-state index contributed by atoms with van der Waals surface area (Å²) in [5.74, 6) is -0.949. The highest BCUT2D eigenvalue weighted by atomic mass is 16.6. The first-order valence-corrected chi connectivity index (χ1v) is 26.8. The lowest BCUT2D eigenvalue weighted by atomic mass is 10.1. The number of unbranched alkanes of at least 4 members (excludes halogenated alkanes) is 21. The maximum Gasteiger partial charge on any atom is 0.306 e. The van der Waals surface area contributed by atoms with Crippen LogP contribution in [0.4, 0.5) is 0 Å². The molecule has 0 aromatic heterocycles. The van der Waals surface area contributed by atoms with Gasteiger partial charge in [0.15, 0.2) is 6.10 Å². The monoisotopic (exact) mass is 903 g/mol. The molecule has 6 heteroatoms. The summed E-state index contributed by atoms with van der Waals surface area (Å²) >= 11 is 0. The molecule has 65 heavy (non-hydrogen) atoms. The van der Waals surface area contributed by atoms with E-state index in [0.29, 0.717) is 12.8 Å². The molecular formula is C59H98O6. The van der Waals surface area contributed by atoms with Crippen LogP contribution in [0.1, 0.15) is 239 Å². The van der Waals surface area contributed by atoms with Crippen molar-refractivity contribution in [1.82, 2.24) is 0 Å². The molecule has 0 aliphatic carbocycles. The lowest BCUT2D eigenvalue weighted by Crippen LogP contribution is -2.30. The molecule has 0 amide bonds. The van der Waals surface area contributed by atoms with Gasteiger partial charge in [-0.05, 0) is 109 Å². The number of allylic oxidation sites excluding steroid dienone is 16. The minimum atomic E-state index is -0.802. The molecule has 0 bridgehead atoms. The van der Waals surface area contributed by atoms with E-state index in [4.69, 9.17) is 14.2 Å². The second-order valence-electron chi connectivity index (χ2n) is 17.4. The number of ether oxygens (including phenoxy) is 3. The van der Waals surface area contributed by atoms with Crippen molar-refractivity contribution in [3.8, 4) is 0 Å². The molecule has 0 saturated heterocycles. The lowest BCUT2D eigenvalue weighted by Gasteiger charge is -2.18. The Morgan fingerprint density at radius 2 is 0.646 bits per heavy atom. The minimum absolute atomic E-state index is 0.0977. The van der Waals surface area contributed by atoms with Crippen LogP contribution in [0.3, 0.4) is 0 Å². The highest BCUT2D eigenvalue weighted by Gasteiger charge is 2.19. The predicted molar refractivity (Wildman–Crippen MR) is 279 cm³/mol. The van der Waals surface area contributed by atoms with Gasteiger partial charge in [0.05, 0.1) is 0 Å². The molecule has 0 aliphatic heterocycles. The van der Waals surface area contributed by atoms with Gasteiger partial charge in [0.25, 0.3) is 0 Å². The summed E-state index contributed by atoms with van der Waals surface area (Å²) in [5, 5.41) is 0. The minimum Gasteiger partial charge on any atom is -0.462 e. The fourth-order valence-corrected chi connectivity index (χ4v) is 7.11. The molecule has 0 aromatic rings. The Morgan fingerprint density at radius 1 is 0.338 bits per heavy atom. The number of rotatable bonds is 47.